The summed E-state index contributed by atoms with van der Waals surface area (Å²) in [5.41, 5.74) is 2.89. The van der Waals surface area contributed by atoms with Crippen molar-refractivity contribution in [1.82, 2.24) is 24.5 Å². The van der Waals surface area contributed by atoms with E-state index in [-0.39, 0.29) is 17.5 Å². The molecule has 1 amide bonds. The van der Waals surface area contributed by atoms with E-state index in [0.717, 1.165) is 29.1 Å². The summed E-state index contributed by atoms with van der Waals surface area (Å²) in [7, 11) is 0. The lowest BCUT2D eigenvalue weighted by molar-refractivity contribution is -0.140. The molecular weight excluding hydrogens is 406 g/mol. The van der Waals surface area contributed by atoms with Crippen LogP contribution in [0, 0.1) is 13.8 Å². The highest BCUT2D eigenvalue weighted by molar-refractivity contribution is 5.81. The Bertz CT molecular complexity index is 1210. The van der Waals surface area contributed by atoms with E-state index >= 15 is 0 Å². The Morgan fingerprint density at radius 2 is 1.81 bits per heavy atom. The fourth-order valence-electron chi connectivity index (χ4n) is 4.68. The minimum absolute atomic E-state index is 0.0367. The van der Waals surface area contributed by atoms with Gasteiger partial charge in [-0.2, -0.15) is 5.10 Å². The maximum Gasteiger partial charge on any atom is 0.267 e. The summed E-state index contributed by atoms with van der Waals surface area (Å²) in [5, 5.41) is 9.07. The van der Waals surface area contributed by atoms with Crippen LogP contribution in [0.4, 0.5) is 0 Å². The minimum Gasteiger partial charge on any atom is -0.480 e. The molecule has 166 valence electrons. The van der Waals surface area contributed by atoms with Crippen molar-refractivity contribution < 1.29 is 9.53 Å². The summed E-state index contributed by atoms with van der Waals surface area (Å²) in [5.74, 6) is 1.47. The average molecular weight is 434 g/mol. The largest absolute Gasteiger partial charge is 0.480 e. The molecule has 3 aromatic rings. The minimum atomic E-state index is -0.434. The molecule has 0 radical (unpaired) electrons. The fourth-order valence-corrected chi connectivity index (χ4v) is 4.68. The number of hydrogen-bond acceptors (Lipinski definition) is 5. The number of carbonyl (C=O) groups excluding carboxylic acids is 1. The summed E-state index contributed by atoms with van der Waals surface area (Å²) in [6.45, 7) is 5.07. The second-order valence-corrected chi connectivity index (χ2v) is 8.62. The van der Waals surface area contributed by atoms with Crippen LogP contribution >= 0.6 is 0 Å². The molecule has 1 atom stereocenters. The highest BCUT2D eigenvalue weighted by Gasteiger charge is 2.32. The Balaban J connectivity index is 1.27. The molecular formula is C24H27N5O3. The molecule has 0 N–H and O–H groups in total. The quantitative estimate of drug-likeness (QED) is 0.634. The van der Waals surface area contributed by atoms with Crippen LogP contribution in [0.25, 0.3) is 5.82 Å². The van der Waals surface area contributed by atoms with Crippen LogP contribution in [0.3, 0.4) is 0 Å². The van der Waals surface area contributed by atoms with Crippen LogP contribution in [-0.2, 0) is 11.2 Å². The molecule has 2 aromatic heterocycles. The summed E-state index contributed by atoms with van der Waals surface area (Å²) in [6, 6.07) is 13.1. The van der Waals surface area contributed by atoms with Crippen molar-refractivity contribution in [3.8, 4) is 11.6 Å². The zero-order valence-corrected chi connectivity index (χ0v) is 18.4. The average Bonchev–Trinajstić information content (AvgIpc) is 3.16. The third kappa shape index (κ3) is 3.81. The lowest BCUT2D eigenvalue weighted by Gasteiger charge is -2.35. The monoisotopic (exact) mass is 433 g/mol. The Morgan fingerprint density at radius 3 is 2.56 bits per heavy atom. The molecule has 2 aliphatic heterocycles. The maximum absolute atomic E-state index is 13.1. The van der Waals surface area contributed by atoms with Gasteiger partial charge in [0.25, 0.3) is 11.5 Å². The van der Waals surface area contributed by atoms with Crippen molar-refractivity contribution in [3.63, 3.8) is 0 Å². The van der Waals surface area contributed by atoms with Crippen LogP contribution in [0.1, 0.15) is 42.3 Å². The van der Waals surface area contributed by atoms with Crippen LogP contribution < -0.4 is 10.3 Å². The molecule has 1 aromatic carbocycles. The van der Waals surface area contributed by atoms with E-state index < -0.39 is 6.10 Å². The first-order chi connectivity index (χ1) is 15.5. The standard InChI is InChI=1S/C24H27N5O3/c1-16-15-17(2)28(25-16)22-9-10-23(30)29(26-22)19-11-13-27(14-12-19)24(31)21-8-7-18-5-3-4-6-20(18)32-21/h3-6,9-10,15,19,21H,7-8,11-14H2,1-2H3. The smallest absolute Gasteiger partial charge is 0.267 e. The molecule has 0 saturated carbocycles. The number of piperidine rings is 1. The number of likely N-dealkylation sites (tertiary alicyclic amines) is 1. The lowest BCUT2D eigenvalue weighted by atomic mass is 10.00. The van der Waals surface area contributed by atoms with Gasteiger partial charge in [0.15, 0.2) is 11.9 Å². The Labute approximate surface area is 186 Å². The van der Waals surface area contributed by atoms with Crippen LogP contribution in [0.2, 0.25) is 0 Å². The molecule has 1 unspecified atom stereocenters. The second-order valence-electron chi connectivity index (χ2n) is 8.62. The van der Waals surface area contributed by atoms with Crippen LogP contribution in [0.15, 0.2) is 47.3 Å². The van der Waals surface area contributed by atoms with Gasteiger partial charge in [0.2, 0.25) is 0 Å². The molecule has 8 heteroatoms. The molecule has 4 heterocycles. The molecule has 1 saturated heterocycles. The Kier molecular flexibility index (Phi) is 5.28. The highest BCUT2D eigenvalue weighted by Crippen LogP contribution is 2.29. The van der Waals surface area contributed by atoms with E-state index in [9.17, 15) is 9.59 Å². The van der Waals surface area contributed by atoms with Gasteiger partial charge in [-0.25, -0.2) is 9.36 Å². The number of amides is 1. The lowest BCUT2D eigenvalue weighted by Crippen LogP contribution is -2.47. The van der Waals surface area contributed by atoms with Gasteiger partial charge in [-0.15, -0.1) is 5.10 Å². The summed E-state index contributed by atoms with van der Waals surface area (Å²) >= 11 is 0. The van der Waals surface area contributed by atoms with Gasteiger partial charge in [-0.3, -0.25) is 9.59 Å². The summed E-state index contributed by atoms with van der Waals surface area (Å²) in [4.78, 5) is 27.5. The van der Waals surface area contributed by atoms with E-state index in [1.54, 1.807) is 21.5 Å². The topological polar surface area (TPSA) is 82.2 Å². The van der Waals surface area contributed by atoms with Crippen molar-refractivity contribution in [2.75, 3.05) is 13.1 Å². The van der Waals surface area contributed by atoms with E-state index in [2.05, 4.69) is 10.2 Å². The first-order valence-electron chi connectivity index (χ1n) is 11.2. The van der Waals surface area contributed by atoms with E-state index in [4.69, 9.17) is 4.74 Å². The maximum atomic E-state index is 13.1. The molecule has 0 bridgehead atoms. The van der Waals surface area contributed by atoms with Crippen molar-refractivity contribution in [2.24, 2.45) is 0 Å². The number of benzene rings is 1. The van der Waals surface area contributed by atoms with Gasteiger partial charge in [0.1, 0.15) is 5.75 Å². The zero-order chi connectivity index (χ0) is 22.2. The SMILES string of the molecule is Cc1cc(C)n(-c2ccc(=O)n(C3CCN(C(=O)C4CCc5ccccc5O4)CC3)n2)n1. The number of rotatable bonds is 3. The van der Waals surface area contributed by atoms with Crippen molar-refractivity contribution in [2.45, 2.75) is 51.7 Å². The number of ether oxygens (including phenoxy) is 1. The molecule has 1 fully saturated rings. The number of para-hydroxylation sites is 1. The van der Waals surface area contributed by atoms with Gasteiger partial charge in [-0.05, 0) is 63.3 Å². The molecule has 32 heavy (non-hydrogen) atoms. The highest BCUT2D eigenvalue weighted by atomic mass is 16.5. The van der Waals surface area contributed by atoms with Gasteiger partial charge < -0.3 is 9.64 Å². The first kappa shape index (κ1) is 20.5. The zero-order valence-electron chi connectivity index (χ0n) is 18.4. The van der Waals surface area contributed by atoms with Gasteiger partial charge >= 0.3 is 0 Å². The number of nitrogens with zero attached hydrogens (tertiary/aromatic N) is 5. The Hall–Kier alpha value is -3.42. The van der Waals surface area contributed by atoms with Gasteiger partial charge in [-0.1, -0.05) is 18.2 Å². The number of aryl methyl sites for hydroxylation is 3. The van der Waals surface area contributed by atoms with Gasteiger partial charge in [0.05, 0.1) is 11.7 Å². The van der Waals surface area contributed by atoms with Crippen molar-refractivity contribution in [1.29, 1.82) is 0 Å². The number of carbonyl (C=O) groups is 1. The predicted molar refractivity (Wildman–Crippen MR) is 119 cm³/mol. The summed E-state index contributed by atoms with van der Waals surface area (Å²) in [6.07, 6.45) is 2.48. The third-order valence-electron chi connectivity index (χ3n) is 6.35. The van der Waals surface area contributed by atoms with E-state index in [0.29, 0.717) is 38.2 Å². The molecule has 0 spiro atoms. The van der Waals surface area contributed by atoms with Crippen LogP contribution in [-0.4, -0.2) is 49.6 Å². The molecule has 2 aliphatic rings. The van der Waals surface area contributed by atoms with Gasteiger partial charge in [0, 0.05) is 24.8 Å². The van der Waals surface area contributed by atoms with Crippen molar-refractivity contribution in [3.05, 3.63) is 69.8 Å². The van der Waals surface area contributed by atoms with E-state index in [1.165, 1.54) is 0 Å². The summed E-state index contributed by atoms with van der Waals surface area (Å²) < 4.78 is 9.30. The van der Waals surface area contributed by atoms with E-state index in [1.807, 2.05) is 49.1 Å². The molecule has 0 aliphatic carbocycles. The Morgan fingerprint density at radius 1 is 1.03 bits per heavy atom. The fraction of sp³-hybridized carbons (Fsp3) is 0.417. The first-order valence-corrected chi connectivity index (χ1v) is 11.2. The normalized spacial score (nSPS) is 18.8. The third-order valence-corrected chi connectivity index (χ3v) is 6.35. The second kappa shape index (κ2) is 8.26. The van der Waals surface area contributed by atoms with Crippen LogP contribution in [0.5, 0.6) is 5.75 Å². The predicted octanol–water partition coefficient (Wildman–Crippen LogP) is 2.60. The molecule has 5 rings (SSSR count). The number of aromatic nitrogens is 4. The van der Waals surface area contributed by atoms with Crippen molar-refractivity contribution >= 4 is 5.91 Å². The number of hydrogen-bond donors (Lipinski definition) is 0. The molecule has 8 nitrogen and oxygen atoms in total. The number of fused-ring (bicyclic) bond motifs is 1.